The molecule has 1 heterocycles. The third-order valence-corrected chi connectivity index (χ3v) is 3.79. The molecule has 0 aliphatic rings. The number of carboxylic acids is 1. The van der Waals surface area contributed by atoms with Crippen LogP contribution in [0.1, 0.15) is 18.3 Å². The third kappa shape index (κ3) is 3.62. The predicted molar refractivity (Wildman–Crippen MR) is 79.8 cm³/mol. The molecule has 1 N–H and O–H groups in total. The number of thioether (sulfide) groups is 1. The van der Waals surface area contributed by atoms with Crippen molar-refractivity contribution in [2.75, 3.05) is 12.9 Å². The number of hydrogen-bond acceptors (Lipinski definition) is 5. The quantitative estimate of drug-likeness (QED) is 0.790. The monoisotopic (exact) mass is 307 g/mol. The molecule has 0 unspecified atom stereocenters. The van der Waals surface area contributed by atoms with Gasteiger partial charge in [0, 0.05) is 19.1 Å². The Kier molecular flexibility index (Phi) is 5.35. The van der Waals surface area contributed by atoms with Gasteiger partial charge in [-0.3, -0.25) is 9.36 Å². The Labute approximate surface area is 127 Å². The number of rotatable bonds is 7. The van der Waals surface area contributed by atoms with Gasteiger partial charge < -0.3 is 9.84 Å². The maximum absolute atomic E-state index is 10.8. The zero-order valence-corrected chi connectivity index (χ0v) is 12.8. The van der Waals surface area contributed by atoms with Crippen molar-refractivity contribution >= 4 is 17.7 Å². The Hall–Kier alpha value is -1.86. The van der Waals surface area contributed by atoms with Crippen LogP contribution >= 0.6 is 11.8 Å². The fourth-order valence-electron chi connectivity index (χ4n) is 2.00. The van der Waals surface area contributed by atoms with Gasteiger partial charge in [-0.05, 0) is 6.07 Å². The van der Waals surface area contributed by atoms with E-state index in [-0.39, 0.29) is 5.75 Å². The number of aliphatic carboxylic acids is 1. The molecule has 0 amide bonds. The van der Waals surface area contributed by atoms with E-state index in [1.165, 1.54) is 0 Å². The highest BCUT2D eigenvalue weighted by atomic mass is 32.2. The molecule has 112 valence electrons. The van der Waals surface area contributed by atoms with E-state index in [4.69, 9.17) is 9.84 Å². The van der Waals surface area contributed by atoms with Crippen LogP contribution in [0.15, 0.2) is 29.4 Å². The summed E-state index contributed by atoms with van der Waals surface area (Å²) in [6.45, 7) is 2.46. The van der Waals surface area contributed by atoms with Crippen molar-refractivity contribution in [3.8, 4) is 5.69 Å². The molecule has 0 saturated heterocycles. The Balaban J connectivity index is 2.46. The second kappa shape index (κ2) is 7.24. The van der Waals surface area contributed by atoms with Crippen molar-refractivity contribution in [1.29, 1.82) is 0 Å². The van der Waals surface area contributed by atoms with E-state index < -0.39 is 5.97 Å². The Morgan fingerprint density at radius 2 is 2.14 bits per heavy atom. The van der Waals surface area contributed by atoms with Gasteiger partial charge in [0.25, 0.3) is 0 Å². The van der Waals surface area contributed by atoms with Crippen LogP contribution in [0.2, 0.25) is 0 Å². The summed E-state index contributed by atoms with van der Waals surface area (Å²) in [6.07, 6.45) is 0.710. The lowest BCUT2D eigenvalue weighted by molar-refractivity contribution is -0.133. The van der Waals surface area contributed by atoms with E-state index in [0.717, 1.165) is 28.8 Å². The second-order valence-electron chi connectivity index (χ2n) is 4.33. The van der Waals surface area contributed by atoms with Crippen molar-refractivity contribution in [3.63, 3.8) is 0 Å². The highest BCUT2D eigenvalue weighted by molar-refractivity contribution is 7.99. The molecular formula is C14H17N3O3S. The molecule has 2 rings (SSSR count). The zero-order chi connectivity index (χ0) is 15.2. The van der Waals surface area contributed by atoms with Crippen molar-refractivity contribution in [2.45, 2.75) is 25.1 Å². The van der Waals surface area contributed by atoms with Crippen molar-refractivity contribution in [1.82, 2.24) is 14.8 Å². The molecule has 21 heavy (non-hydrogen) atoms. The van der Waals surface area contributed by atoms with E-state index in [2.05, 4.69) is 10.2 Å². The Bertz CT molecular complexity index is 628. The molecule has 1 aromatic heterocycles. The van der Waals surface area contributed by atoms with Gasteiger partial charge in [-0.2, -0.15) is 0 Å². The molecule has 6 nitrogen and oxygen atoms in total. The van der Waals surface area contributed by atoms with E-state index >= 15 is 0 Å². The molecule has 0 saturated carbocycles. The van der Waals surface area contributed by atoms with Gasteiger partial charge >= 0.3 is 5.97 Å². The number of aryl methyl sites for hydroxylation is 1. The molecule has 0 radical (unpaired) electrons. The summed E-state index contributed by atoms with van der Waals surface area (Å²) in [7, 11) is 1.64. The van der Waals surface area contributed by atoms with E-state index in [1.807, 2.05) is 35.8 Å². The Morgan fingerprint density at radius 3 is 2.81 bits per heavy atom. The minimum Gasteiger partial charge on any atom is -0.481 e. The number of carbonyl (C=O) groups is 1. The summed E-state index contributed by atoms with van der Waals surface area (Å²) in [4.78, 5) is 10.8. The fraction of sp³-hybridized carbons (Fsp3) is 0.357. The maximum atomic E-state index is 10.8. The summed E-state index contributed by atoms with van der Waals surface area (Å²) < 4.78 is 7.13. The molecule has 2 aromatic rings. The zero-order valence-electron chi connectivity index (χ0n) is 11.9. The highest BCUT2D eigenvalue weighted by Gasteiger charge is 2.16. The average molecular weight is 307 g/mol. The minimum atomic E-state index is -0.877. The third-order valence-electron chi connectivity index (χ3n) is 2.87. The van der Waals surface area contributed by atoms with Crippen LogP contribution in [0.25, 0.3) is 5.69 Å². The minimum absolute atomic E-state index is 0.0473. The van der Waals surface area contributed by atoms with Crippen LogP contribution < -0.4 is 0 Å². The molecule has 0 bridgehead atoms. The summed E-state index contributed by atoms with van der Waals surface area (Å²) >= 11 is 1.16. The van der Waals surface area contributed by atoms with Crippen molar-refractivity contribution in [3.05, 3.63) is 35.7 Å². The lowest BCUT2D eigenvalue weighted by Crippen LogP contribution is -2.07. The SMILES string of the molecule is CCc1nnc(SCC(=O)O)n1-c1ccccc1COC. The summed E-state index contributed by atoms with van der Waals surface area (Å²) in [6, 6.07) is 7.81. The largest absolute Gasteiger partial charge is 0.481 e. The second-order valence-corrected chi connectivity index (χ2v) is 5.27. The van der Waals surface area contributed by atoms with Gasteiger partial charge in [-0.15, -0.1) is 10.2 Å². The van der Waals surface area contributed by atoms with Gasteiger partial charge in [0.15, 0.2) is 5.16 Å². The molecule has 0 spiro atoms. The molecule has 7 heteroatoms. The first-order valence-electron chi connectivity index (χ1n) is 6.53. The number of nitrogens with zero attached hydrogens (tertiary/aromatic N) is 3. The van der Waals surface area contributed by atoms with Crippen LogP contribution in [-0.2, 0) is 22.6 Å². The molecule has 1 aromatic carbocycles. The lowest BCUT2D eigenvalue weighted by atomic mass is 10.2. The summed E-state index contributed by atoms with van der Waals surface area (Å²) in [5, 5.41) is 17.7. The highest BCUT2D eigenvalue weighted by Crippen LogP contribution is 2.25. The summed E-state index contributed by atoms with van der Waals surface area (Å²) in [5.74, 6) is -0.127. The van der Waals surface area contributed by atoms with Crippen LogP contribution in [0.4, 0.5) is 0 Å². The van der Waals surface area contributed by atoms with Gasteiger partial charge in [-0.25, -0.2) is 0 Å². The first-order chi connectivity index (χ1) is 10.2. The van der Waals surface area contributed by atoms with Crippen LogP contribution in [0.3, 0.4) is 0 Å². The number of carboxylic acid groups (broad SMARTS) is 1. The number of ether oxygens (including phenoxy) is 1. The molecule has 0 aliphatic carbocycles. The van der Waals surface area contributed by atoms with Crippen molar-refractivity contribution in [2.24, 2.45) is 0 Å². The lowest BCUT2D eigenvalue weighted by Gasteiger charge is -2.13. The predicted octanol–water partition coefficient (Wildman–Crippen LogP) is 2.15. The van der Waals surface area contributed by atoms with Gasteiger partial charge in [-0.1, -0.05) is 36.9 Å². The first kappa shape index (κ1) is 15.5. The molecule has 0 fully saturated rings. The molecule has 0 atom stereocenters. The molecule has 0 aliphatic heterocycles. The number of benzene rings is 1. The standard InChI is InChI=1S/C14H17N3O3S/c1-3-12-15-16-14(21-9-13(18)19)17(12)11-7-5-4-6-10(11)8-20-2/h4-7H,3,8-9H2,1-2H3,(H,18,19). The number of methoxy groups -OCH3 is 1. The molecular weight excluding hydrogens is 290 g/mol. The number of para-hydroxylation sites is 1. The maximum Gasteiger partial charge on any atom is 0.313 e. The Morgan fingerprint density at radius 1 is 1.38 bits per heavy atom. The fourth-order valence-corrected chi connectivity index (χ4v) is 2.68. The first-order valence-corrected chi connectivity index (χ1v) is 7.52. The van der Waals surface area contributed by atoms with Crippen LogP contribution in [-0.4, -0.2) is 38.7 Å². The smallest absolute Gasteiger partial charge is 0.313 e. The van der Waals surface area contributed by atoms with E-state index in [0.29, 0.717) is 18.2 Å². The number of aromatic nitrogens is 3. The van der Waals surface area contributed by atoms with Gasteiger partial charge in [0.2, 0.25) is 0 Å². The van der Waals surface area contributed by atoms with E-state index in [1.54, 1.807) is 7.11 Å². The van der Waals surface area contributed by atoms with Crippen LogP contribution in [0, 0.1) is 0 Å². The topological polar surface area (TPSA) is 77.2 Å². The van der Waals surface area contributed by atoms with Crippen molar-refractivity contribution < 1.29 is 14.6 Å². The van der Waals surface area contributed by atoms with Gasteiger partial charge in [0.1, 0.15) is 5.82 Å². The summed E-state index contributed by atoms with van der Waals surface area (Å²) in [5.41, 5.74) is 1.93. The average Bonchev–Trinajstić information content (AvgIpc) is 2.89. The van der Waals surface area contributed by atoms with Gasteiger partial charge in [0.05, 0.1) is 18.0 Å². The normalized spacial score (nSPS) is 10.8. The van der Waals surface area contributed by atoms with E-state index in [9.17, 15) is 4.79 Å². The van der Waals surface area contributed by atoms with Crippen LogP contribution in [0.5, 0.6) is 0 Å². The number of hydrogen-bond donors (Lipinski definition) is 1.